The molecule has 0 radical (unpaired) electrons. The van der Waals surface area contributed by atoms with Crippen LogP contribution in [0.3, 0.4) is 0 Å². The zero-order chi connectivity index (χ0) is 14.1. The van der Waals surface area contributed by atoms with E-state index in [1.165, 1.54) is 17.3 Å². The molecule has 0 saturated carbocycles. The molecule has 0 spiro atoms. The number of hydrogen-bond donors (Lipinski definition) is 1. The molecule has 0 aliphatic carbocycles. The average Bonchev–Trinajstić information content (AvgIpc) is 2.98. The molecule has 1 saturated heterocycles. The Bertz CT molecular complexity index is 713. The van der Waals surface area contributed by atoms with Crippen molar-refractivity contribution in [2.24, 2.45) is 0 Å². The second kappa shape index (κ2) is 5.52. The molecular weight excluding hydrogens is 306 g/mol. The maximum Gasteiger partial charge on any atom is 0.143 e. The maximum absolute atomic E-state index is 5.83. The lowest BCUT2D eigenvalue weighted by molar-refractivity contribution is 0.572. The van der Waals surface area contributed by atoms with Crippen LogP contribution >= 0.6 is 36.2 Å². The molecule has 100 valence electrons. The highest BCUT2D eigenvalue weighted by Gasteiger charge is 2.19. The average molecular weight is 317 g/mol. The number of benzene rings is 1. The summed E-state index contributed by atoms with van der Waals surface area (Å²) in [5.41, 5.74) is 2.30. The fourth-order valence-corrected chi connectivity index (χ4v) is 3.31. The van der Waals surface area contributed by atoms with Crippen LogP contribution in [0.15, 0.2) is 45.7 Å². The number of rotatable bonds is 2. The summed E-state index contributed by atoms with van der Waals surface area (Å²) in [6.45, 7) is 2.07. The van der Waals surface area contributed by atoms with Crippen molar-refractivity contribution < 1.29 is 4.42 Å². The third-order valence-electron chi connectivity index (χ3n) is 2.88. The van der Waals surface area contributed by atoms with Gasteiger partial charge in [0.15, 0.2) is 0 Å². The highest BCUT2D eigenvalue weighted by atomic mass is 32.2. The lowest BCUT2D eigenvalue weighted by atomic mass is 10.1. The van der Waals surface area contributed by atoms with Crippen LogP contribution in [0.2, 0.25) is 0 Å². The van der Waals surface area contributed by atoms with E-state index < -0.39 is 0 Å². The first-order valence-electron chi connectivity index (χ1n) is 6.03. The van der Waals surface area contributed by atoms with Crippen LogP contribution in [0.5, 0.6) is 0 Å². The zero-order valence-corrected chi connectivity index (χ0v) is 13.1. The van der Waals surface area contributed by atoms with E-state index in [0.29, 0.717) is 9.31 Å². The summed E-state index contributed by atoms with van der Waals surface area (Å²) >= 11 is 11.7. The van der Waals surface area contributed by atoms with E-state index in [1.54, 1.807) is 0 Å². The molecule has 20 heavy (non-hydrogen) atoms. The Kier molecular flexibility index (Phi) is 3.74. The van der Waals surface area contributed by atoms with Gasteiger partial charge in [0.05, 0.1) is 4.91 Å². The van der Waals surface area contributed by atoms with Crippen molar-refractivity contribution in [1.29, 1.82) is 0 Å². The molecule has 2 heterocycles. The first kappa shape index (κ1) is 13.5. The highest BCUT2D eigenvalue weighted by molar-refractivity contribution is 8.27. The number of furan rings is 1. The quantitative estimate of drug-likeness (QED) is 0.647. The predicted octanol–water partition coefficient (Wildman–Crippen LogP) is 4.54. The fourth-order valence-electron chi connectivity index (χ4n) is 1.85. The lowest BCUT2D eigenvalue weighted by Gasteiger charge is -1.97. The van der Waals surface area contributed by atoms with Crippen molar-refractivity contribution >= 4 is 51.6 Å². The summed E-state index contributed by atoms with van der Waals surface area (Å²) in [7, 11) is 0. The molecule has 1 fully saturated rings. The number of thioether (sulfide) groups is 1. The maximum atomic E-state index is 5.83. The monoisotopic (exact) mass is 317 g/mol. The van der Waals surface area contributed by atoms with Gasteiger partial charge in [-0.3, -0.25) is 0 Å². The SMILES string of the molecule is Cc1ccc(-c2ccc(C=C3SC(=S)NC3=S)o2)cc1. The molecule has 2 nitrogen and oxygen atoms in total. The summed E-state index contributed by atoms with van der Waals surface area (Å²) < 4.78 is 6.52. The first-order chi connectivity index (χ1) is 9.61. The van der Waals surface area contributed by atoms with Gasteiger partial charge in [-0.15, -0.1) is 0 Å². The summed E-state index contributed by atoms with van der Waals surface area (Å²) in [6, 6.07) is 12.1. The molecule has 5 heteroatoms. The number of hydrogen-bond acceptors (Lipinski definition) is 4. The second-order valence-corrected chi connectivity index (χ2v) is 6.55. The Labute approximate surface area is 132 Å². The van der Waals surface area contributed by atoms with E-state index in [-0.39, 0.29) is 0 Å². The molecule has 0 atom stereocenters. The Hall–Kier alpha value is -1.43. The Morgan fingerprint density at radius 1 is 1.10 bits per heavy atom. The smallest absolute Gasteiger partial charge is 0.143 e. The van der Waals surface area contributed by atoms with Gasteiger partial charge in [0.25, 0.3) is 0 Å². The molecule has 0 unspecified atom stereocenters. The summed E-state index contributed by atoms with van der Waals surface area (Å²) in [6.07, 6.45) is 1.91. The molecule has 1 aliphatic heterocycles. The minimum atomic E-state index is 0.660. The number of aryl methyl sites for hydroxylation is 1. The van der Waals surface area contributed by atoms with Gasteiger partial charge in [0, 0.05) is 5.56 Å². The van der Waals surface area contributed by atoms with Crippen LogP contribution in [0, 0.1) is 6.92 Å². The summed E-state index contributed by atoms with van der Waals surface area (Å²) in [4.78, 5) is 1.59. The van der Waals surface area contributed by atoms with E-state index in [0.717, 1.165) is 22.0 Å². The van der Waals surface area contributed by atoms with Gasteiger partial charge in [-0.1, -0.05) is 66.0 Å². The highest BCUT2D eigenvalue weighted by Crippen LogP contribution is 2.29. The molecule has 1 N–H and O–H groups in total. The second-order valence-electron chi connectivity index (χ2n) is 4.42. The third kappa shape index (κ3) is 2.85. The predicted molar refractivity (Wildman–Crippen MR) is 92.8 cm³/mol. The Morgan fingerprint density at radius 2 is 1.85 bits per heavy atom. The van der Waals surface area contributed by atoms with Crippen molar-refractivity contribution in [1.82, 2.24) is 5.32 Å². The fraction of sp³-hybridized carbons (Fsp3) is 0.0667. The Morgan fingerprint density at radius 3 is 2.50 bits per heavy atom. The van der Waals surface area contributed by atoms with E-state index in [9.17, 15) is 0 Å². The molecule has 0 amide bonds. The molecule has 1 aromatic carbocycles. The molecule has 3 rings (SSSR count). The van der Waals surface area contributed by atoms with E-state index in [1.807, 2.05) is 18.2 Å². The van der Waals surface area contributed by atoms with Crippen molar-refractivity contribution in [3.05, 3.63) is 52.6 Å². The normalized spacial score (nSPS) is 16.8. The third-order valence-corrected chi connectivity index (χ3v) is 4.51. The standard InChI is InChI=1S/C15H11NOS3/c1-9-2-4-10(5-3-9)12-7-6-11(17-12)8-13-14(18)16-15(19)20-13/h2-8H,1H3,(H,16,18,19). The van der Waals surface area contributed by atoms with Gasteiger partial charge in [-0.25, -0.2) is 0 Å². The first-order valence-corrected chi connectivity index (χ1v) is 7.67. The van der Waals surface area contributed by atoms with Crippen LogP contribution in [-0.2, 0) is 0 Å². The minimum Gasteiger partial charge on any atom is -0.457 e. The van der Waals surface area contributed by atoms with E-state index in [4.69, 9.17) is 28.9 Å². The van der Waals surface area contributed by atoms with Crippen molar-refractivity contribution in [3.63, 3.8) is 0 Å². The zero-order valence-electron chi connectivity index (χ0n) is 10.7. The Balaban J connectivity index is 1.87. The van der Waals surface area contributed by atoms with Gasteiger partial charge in [0.1, 0.15) is 20.8 Å². The van der Waals surface area contributed by atoms with E-state index in [2.05, 4.69) is 36.5 Å². The van der Waals surface area contributed by atoms with E-state index >= 15 is 0 Å². The molecule has 1 aromatic heterocycles. The number of nitrogens with one attached hydrogen (secondary N) is 1. The van der Waals surface area contributed by atoms with Gasteiger partial charge in [-0.05, 0) is 25.1 Å². The van der Waals surface area contributed by atoms with Crippen LogP contribution in [0.4, 0.5) is 0 Å². The van der Waals surface area contributed by atoms with Crippen molar-refractivity contribution in [2.75, 3.05) is 0 Å². The van der Waals surface area contributed by atoms with Gasteiger partial charge >= 0.3 is 0 Å². The van der Waals surface area contributed by atoms with Crippen LogP contribution in [0.25, 0.3) is 17.4 Å². The number of thiocarbonyl (C=S) groups is 2. The van der Waals surface area contributed by atoms with Gasteiger partial charge in [0.2, 0.25) is 0 Å². The van der Waals surface area contributed by atoms with Crippen molar-refractivity contribution in [2.45, 2.75) is 6.92 Å². The summed E-state index contributed by atoms with van der Waals surface area (Å²) in [5, 5.41) is 2.95. The van der Waals surface area contributed by atoms with Crippen LogP contribution in [0.1, 0.15) is 11.3 Å². The molecule has 2 aromatic rings. The van der Waals surface area contributed by atoms with Gasteiger partial charge in [-0.2, -0.15) is 0 Å². The minimum absolute atomic E-state index is 0.660. The van der Waals surface area contributed by atoms with Crippen molar-refractivity contribution in [3.8, 4) is 11.3 Å². The summed E-state index contributed by atoms with van der Waals surface area (Å²) in [5.74, 6) is 1.62. The topological polar surface area (TPSA) is 25.2 Å². The molecule has 0 bridgehead atoms. The van der Waals surface area contributed by atoms with Crippen LogP contribution < -0.4 is 5.32 Å². The van der Waals surface area contributed by atoms with Gasteiger partial charge < -0.3 is 9.73 Å². The largest absolute Gasteiger partial charge is 0.457 e. The molecule has 1 aliphatic rings. The lowest BCUT2D eigenvalue weighted by Crippen LogP contribution is -2.15. The van der Waals surface area contributed by atoms with Crippen LogP contribution in [-0.4, -0.2) is 9.31 Å². The molecular formula is C15H11NOS3.